The minimum Gasteiger partial charge on any atom is -0.397 e. The Morgan fingerprint density at radius 3 is 2.42 bits per heavy atom. The summed E-state index contributed by atoms with van der Waals surface area (Å²) < 4.78 is 0. The molecule has 4 heteroatoms. The van der Waals surface area contributed by atoms with Crippen molar-refractivity contribution in [3.63, 3.8) is 0 Å². The highest BCUT2D eigenvalue weighted by Crippen LogP contribution is 2.31. The van der Waals surface area contributed by atoms with Gasteiger partial charge in [0.1, 0.15) is 0 Å². The van der Waals surface area contributed by atoms with Crippen LogP contribution in [0.1, 0.15) is 37.0 Å². The van der Waals surface area contributed by atoms with E-state index in [1.165, 1.54) is 12.8 Å². The van der Waals surface area contributed by atoms with Gasteiger partial charge in [-0.15, -0.1) is 0 Å². The predicted molar refractivity (Wildman–Crippen MR) is 79.1 cm³/mol. The number of carbonyl (C=O) groups excluding carboxylic acids is 1. The lowest BCUT2D eigenvalue weighted by molar-refractivity contribution is 0.100. The van der Waals surface area contributed by atoms with Crippen LogP contribution < -0.4 is 16.4 Å². The molecule has 1 aliphatic rings. The van der Waals surface area contributed by atoms with E-state index in [1.807, 2.05) is 6.07 Å². The van der Waals surface area contributed by atoms with Gasteiger partial charge in [0.2, 0.25) is 5.91 Å². The average Bonchev–Trinajstić information content (AvgIpc) is 2.38. The SMILES string of the molecule is CC(C)C1CCN(c2ccc(C(N)=O)cc2N)CC1. The Bertz CT molecular complexity index is 462. The number of anilines is 2. The van der Waals surface area contributed by atoms with E-state index in [0.717, 1.165) is 30.6 Å². The van der Waals surface area contributed by atoms with Crippen molar-refractivity contribution in [3.8, 4) is 0 Å². The number of rotatable bonds is 3. The molecule has 104 valence electrons. The van der Waals surface area contributed by atoms with E-state index in [1.54, 1.807) is 12.1 Å². The van der Waals surface area contributed by atoms with Crippen LogP contribution >= 0.6 is 0 Å². The van der Waals surface area contributed by atoms with Crippen LogP contribution in [0.4, 0.5) is 11.4 Å². The fraction of sp³-hybridized carbons (Fsp3) is 0.533. The highest BCUT2D eigenvalue weighted by molar-refractivity contribution is 5.94. The van der Waals surface area contributed by atoms with Crippen LogP contribution in [-0.2, 0) is 0 Å². The molecule has 2 rings (SSSR count). The van der Waals surface area contributed by atoms with Crippen LogP contribution in [0.2, 0.25) is 0 Å². The zero-order valence-corrected chi connectivity index (χ0v) is 11.7. The summed E-state index contributed by atoms with van der Waals surface area (Å²) in [7, 11) is 0. The lowest BCUT2D eigenvalue weighted by atomic mass is 9.86. The fourth-order valence-corrected chi connectivity index (χ4v) is 2.80. The number of piperidine rings is 1. The molecule has 19 heavy (non-hydrogen) atoms. The Balaban J connectivity index is 2.09. The summed E-state index contributed by atoms with van der Waals surface area (Å²) in [4.78, 5) is 13.4. The number of carbonyl (C=O) groups is 1. The summed E-state index contributed by atoms with van der Waals surface area (Å²) in [5.41, 5.74) is 13.4. The van der Waals surface area contributed by atoms with E-state index in [2.05, 4.69) is 18.7 Å². The molecular weight excluding hydrogens is 238 g/mol. The van der Waals surface area contributed by atoms with Crippen LogP contribution in [0.25, 0.3) is 0 Å². The third-order valence-corrected chi connectivity index (χ3v) is 4.14. The summed E-state index contributed by atoms with van der Waals surface area (Å²) in [6.45, 7) is 6.64. The average molecular weight is 261 g/mol. The smallest absolute Gasteiger partial charge is 0.248 e. The third-order valence-electron chi connectivity index (χ3n) is 4.14. The Kier molecular flexibility index (Phi) is 3.98. The molecule has 0 aromatic heterocycles. The van der Waals surface area contributed by atoms with Crippen LogP contribution in [0.3, 0.4) is 0 Å². The van der Waals surface area contributed by atoms with Gasteiger partial charge in [-0.05, 0) is 42.9 Å². The molecule has 0 aliphatic carbocycles. The van der Waals surface area contributed by atoms with Crippen LogP contribution in [0, 0.1) is 11.8 Å². The molecule has 0 spiro atoms. The first-order chi connectivity index (χ1) is 8.99. The molecule has 0 atom stereocenters. The van der Waals surface area contributed by atoms with E-state index in [-0.39, 0.29) is 0 Å². The van der Waals surface area contributed by atoms with Gasteiger partial charge < -0.3 is 16.4 Å². The second-order valence-electron chi connectivity index (χ2n) is 5.71. The number of hydrogen-bond acceptors (Lipinski definition) is 3. The second kappa shape index (κ2) is 5.51. The molecule has 4 N–H and O–H groups in total. The molecule has 1 aromatic carbocycles. The third kappa shape index (κ3) is 3.00. The van der Waals surface area contributed by atoms with Gasteiger partial charge in [0.05, 0.1) is 11.4 Å². The summed E-state index contributed by atoms with van der Waals surface area (Å²) in [6.07, 6.45) is 2.41. The topological polar surface area (TPSA) is 72.3 Å². The molecule has 1 heterocycles. The van der Waals surface area contributed by atoms with Crippen molar-refractivity contribution in [1.82, 2.24) is 0 Å². The van der Waals surface area contributed by atoms with Crippen molar-refractivity contribution in [2.24, 2.45) is 17.6 Å². The number of amides is 1. The Morgan fingerprint density at radius 2 is 1.95 bits per heavy atom. The van der Waals surface area contributed by atoms with Gasteiger partial charge in [0.15, 0.2) is 0 Å². The Morgan fingerprint density at radius 1 is 1.32 bits per heavy atom. The second-order valence-corrected chi connectivity index (χ2v) is 5.71. The van der Waals surface area contributed by atoms with Gasteiger partial charge in [-0.25, -0.2) is 0 Å². The summed E-state index contributed by atoms with van der Waals surface area (Å²) in [5.74, 6) is 1.12. The zero-order chi connectivity index (χ0) is 14.0. The molecule has 1 saturated heterocycles. The quantitative estimate of drug-likeness (QED) is 0.820. The van der Waals surface area contributed by atoms with Crippen molar-refractivity contribution in [3.05, 3.63) is 23.8 Å². The van der Waals surface area contributed by atoms with Crippen molar-refractivity contribution in [1.29, 1.82) is 0 Å². The molecule has 0 saturated carbocycles. The molecule has 1 fully saturated rings. The zero-order valence-electron chi connectivity index (χ0n) is 11.7. The lowest BCUT2D eigenvalue weighted by Gasteiger charge is -2.36. The van der Waals surface area contributed by atoms with Gasteiger partial charge in [-0.1, -0.05) is 13.8 Å². The highest BCUT2D eigenvalue weighted by atomic mass is 16.1. The standard InChI is InChI=1S/C15H23N3O/c1-10(2)11-5-7-18(8-6-11)14-4-3-12(15(17)19)9-13(14)16/h3-4,9-11H,5-8,16H2,1-2H3,(H2,17,19). The summed E-state index contributed by atoms with van der Waals surface area (Å²) >= 11 is 0. The minimum absolute atomic E-state index is 0.434. The molecule has 1 amide bonds. The van der Waals surface area contributed by atoms with E-state index >= 15 is 0 Å². The molecule has 0 bridgehead atoms. The molecule has 1 aromatic rings. The van der Waals surface area contributed by atoms with Gasteiger partial charge in [-0.2, -0.15) is 0 Å². The number of benzene rings is 1. The first kappa shape index (κ1) is 13.7. The summed E-state index contributed by atoms with van der Waals surface area (Å²) in [5, 5.41) is 0. The van der Waals surface area contributed by atoms with Gasteiger partial charge in [0.25, 0.3) is 0 Å². The first-order valence-corrected chi connectivity index (χ1v) is 6.93. The number of nitrogens with two attached hydrogens (primary N) is 2. The first-order valence-electron chi connectivity index (χ1n) is 6.93. The van der Waals surface area contributed by atoms with E-state index < -0.39 is 5.91 Å². The lowest BCUT2D eigenvalue weighted by Crippen LogP contribution is -2.35. The highest BCUT2D eigenvalue weighted by Gasteiger charge is 2.22. The van der Waals surface area contributed by atoms with Crippen LogP contribution in [0.5, 0.6) is 0 Å². The van der Waals surface area contributed by atoms with Crippen molar-refractivity contribution < 1.29 is 4.79 Å². The molecular formula is C15H23N3O. The summed E-state index contributed by atoms with van der Waals surface area (Å²) in [6, 6.07) is 5.33. The van der Waals surface area contributed by atoms with Gasteiger partial charge in [0, 0.05) is 18.7 Å². The van der Waals surface area contributed by atoms with E-state index in [0.29, 0.717) is 11.3 Å². The van der Waals surface area contributed by atoms with Gasteiger partial charge >= 0.3 is 0 Å². The largest absolute Gasteiger partial charge is 0.397 e. The minimum atomic E-state index is -0.434. The molecule has 4 nitrogen and oxygen atoms in total. The van der Waals surface area contributed by atoms with E-state index in [4.69, 9.17) is 11.5 Å². The molecule has 0 unspecified atom stereocenters. The number of nitrogen functional groups attached to an aromatic ring is 1. The molecule has 1 aliphatic heterocycles. The predicted octanol–water partition coefficient (Wildman–Crippen LogP) is 2.24. The van der Waals surface area contributed by atoms with Crippen LogP contribution in [0.15, 0.2) is 18.2 Å². The van der Waals surface area contributed by atoms with Crippen molar-refractivity contribution >= 4 is 17.3 Å². The van der Waals surface area contributed by atoms with Crippen molar-refractivity contribution in [2.45, 2.75) is 26.7 Å². The maximum absolute atomic E-state index is 11.1. The van der Waals surface area contributed by atoms with Gasteiger partial charge in [-0.3, -0.25) is 4.79 Å². The van der Waals surface area contributed by atoms with Crippen molar-refractivity contribution in [2.75, 3.05) is 23.7 Å². The van der Waals surface area contributed by atoms with Crippen LogP contribution in [-0.4, -0.2) is 19.0 Å². The monoisotopic (exact) mass is 261 g/mol. The fourth-order valence-electron chi connectivity index (χ4n) is 2.80. The Hall–Kier alpha value is -1.71. The maximum Gasteiger partial charge on any atom is 0.248 e. The molecule has 0 radical (unpaired) electrons. The van der Waals surface area contributed by atoms with E-state index in [9.17, 15) is 4.79 Å². The number of primary amides is 1. The Labute approximate surface area is 114 Å². The number of hydrogen-bond donors (Lipinski definition) is 2. The maximum atomic E-state index is 11.1. The number of nitrogens with zero attached hydrogens (tertiary/aromatic N) is 1. The normalized spacial score (nSPS) is 16.9.